The molecule has 0 aromatic carbocycles. The molecule has 1 rings (SSSR count). The molecule has 4 N–H and O–H groups in total. The number of nitrogen functional groups attached to an aromatic ring is 1. The summed E-state index contributed by atoms with van der Waals surface area (Å²) >= 11 is 1.71. The largest absolute Gasteiger partial charge is 0.429 e. The Labute approximate surface area is 115 Å². The molecule has 0 spiro atoms. The summed E-state index contributed by atoms with van der Waals surface area (Å²) in [4.78, 5) is 13.6. The average Bonchev–Trinajstić information content (AvgIpc) is 2.77. The maximum atomic E-state index is 10.3. The number of hydrogen-bond donors (Lipinski definition) is 3. The van der Waals surface area contributed by atoms with Crippen LogP contribution in [0.5, 0.6) is 0 Å². The van der Waals surface area contributed by atoms with Gasteiger partial charge in [-0.2, -0.15) is 11.8 Å². The minimum Gasteiger partial charge on any atom is -0.429 e. The first-order chi connectivity index (χ1) is 9.11. The Morgan fingerprint density at radius 2 is 2.47 bits per heavy atom. The predicted octanol–water partition coefficient (Wildman–Crippen LogP) is 0.417. The fourth-order valence-electron chi connectivity index (χ4n) is 1.27. The number of anilines is 1. The van der Waals surface area contributed by atoms with Crippen LogP contribution in [-0.4, -0.2) is 35.0 Å². The Morgan fingerprint density at radius 3 is 3.05 bits per heavy atom. The Bertz CT molecular complexity index is 435. The molecule has 0 aliphatic carbocycles. The van der Waals surface area contributed by atoms with Gasteiger partial charge in [0, 0.05) is 31.5 Å². The monoisotopic (exact) mass is 287 g/mol. The first-order valence-corrected chi connectivity index (χ1v) is 6.82. The van der Waals surface area contributed by atoms with Crippen LogP contribution in [0, 0.1) is 10.1 Å². The molecule has 0 radical (unpaired) electrons. The topological polar surface area (TPSA) is 119 Å². The first-order valence-electron chi connectivity index (χ1n) is 5.66. The Kier molecular flexibility index (Phi) is 6.58. The molecule has 0 saturated heterocycles. The number of hydrogen-bond acceptors (Lipinski definition) is 8. The van der Waals surface area contributed by atoms with E-state index >= 15 is 0 Å². The summed E-state index contributed by atoms with van der Waals surface area (Å²) in [6, 6.07) is 0.185. The molecule has 0 saturated carbocycles. The van der Waals surface area contributed by atoms with Crippen molar-refractivity contribution in [2.75, 3.05) is 30.8 Å². The molecule has 0 aliphatic rings. The molecule has 106 valence electrons. The summed E-state index contributed by atoms with van der Waals surface area (Å²) < 4.78 is 5.13. The Hall–Kier alpha value is -1.90. The van der Waals surface area contributed by atoms with Crippen molar-refractivity contribution < 1.29 is 9.34 Å². The zero-order chi connectivity index (χ0) is 14.1. The highest BCUT2D eigenvalue weighted by Crippen LogP contribution is 2.09. The average molecular weight is 287 g/mol. The summed E-state index contributed by atoms with van der Waals surface area (Å²) in [7, 11) is 1.63. The van der Waals surface area contributed by atoms with Gasteiger partial charge in [-0.05, 0) is 0 Å². The number of aromatic nitrogens is 1. The van der Waals surface area contributed by atoms with Gasteiger partial charge in [0.05, 0.1) is 11.1 Å². The van der Waals surface area contributed by atoms with Crippen molar-refractivity contribution in [3.63, 3.8) is 0 Å². The van der Waals surface area contributed by atoms with Crippen molar-refractivity contribution in [3.05, 3.63) is 34.1 Å². The lowest BCUT2D eigenvalue weighted by Crippen LogP contribution is -2.26. The quantitative estimate of drug-likeness (QED) is 0.339. The molecule has 1 aromatic heterocycles. The van der Waals surface area contributed by atoms with Crippen molar-refractivity contribution in [2.45, 2.75) is 6.42 Å². The zero-order valence-corrected chi connectivity index (χ0v) is 11.4. The molecule has 0 unspecified atom stereocenters. The van der Waals surface area contributed by atoms with E-state index < -0.39 is 4.92 Å². The van der Waals surface area contributed by atoms with Crippen molar-refractivity contribution in [2.24, 2.45) is 0 Å². The summed E-state index contributed by atoms with van der Waals surface area (Å²) in [6.45, 7) is 0.643. The molecule has 0 aliphatic heterocycles. The molecule has 19 heavy (non-hydrogen) atoms. The van der Waals surface area contributed by atoms with E-state index in [0.29, 0.717) is 12.4 Å². The lowest BCUT2D eigenvalue weighted by atomic mass is 10.4. The normalized spacial score (nSPS) is 11.3. The summed E-state index contributed by atoms with van der Waals surface area (Å²) in [5.41, 5.74) is 5.36. The predicted molar refractivity (Wildman–Crippen MR) is 74.1 cm³/mol. The SMILES string of the molecule is CN/C(=C/[N+](=O)[O-])NCCSCCc1cnc(N)o1. The molecule has 0 bridgehead atoms. The van der Waals surface area contributed by atoms with Crippen molar-refractivity contribution in [1.29, 1.82) is 0 Å². The highest BCUT2D eigenvalue weighted by atomic mass is 32.2. The van der Waals surface area contributed by atoms with Crippen LogP contribution in [0.4, 0.5) is 6.01 Å². The van der Waals surface area contributed by atoms with Crippen LogP contribution in [0.3, 0.4) is 0 Å². The summed E-state index contributed by atoms with van der Waals surface area (Å²) in [5.74, 6) is 2.88. The van der Waals surface area contributed by atoms with Crippen LogP contribution in [0.1, 0.15) is 5.76 Å². The van der Waals surface area contributed by atoms with Crippen LogP contribution in [0.25, 0.3) is 0 Å². The van der Waals surface area contributed by atoms with Crippen molar-refractivity contribution >= 4 is 17.8 Å². The van der Waals surface area contributed by atoms with E-state index in [1.165, 1.54) is 0 Å². The minimum atomic E-state index is -0.500. The fraction of sp³-hybridized carbons (Fsp3) is 0.500. The van der Waals surface area contributed by atoms with E-state index in [-0.39, 0.29) is 6.01 Å². The maximum Gasteiger partial charge on any atom is 0.292 e. The first kappa shape index (κ1) is 15.2. The molecule has 0 atom stereocenters. The molecular formula is C10H17N5O3S. The second kappa shape index (κ2) is 8.25. The van der Waals surface area contributed by atoms with Crippen LogP contribution in [-0.2, 0) is 6.42 Å². The highest BCUT2D eigenvalue weighted by molar-refractivity contribution is 7.99. The third-order valence-electron chi connectivity index (χ3n) is 2.13. The fourth-order valence-corrected chi connectivity index (χ4v) is 2.07. The van der Waals surface area contributed by atoms with Gasteiger partial charge in [0.2, 0.25) is 0 Å². The standard InChI is InChI=1S/C10H17N5O3S/c1-12-9(7-15(16)17)13-3-5-19-4-2-8-6-14-10(11)18-8/h6-7,12-13H,2-5H2,1H3,(H2,11,14)/b9-7-. The van der Waals surface area contributed by atoms with Gasteiger partial charge in [-0.25, -0.2) is 4.98 Å². The number of thioether (sulfide) groups is 1. The Balaban J connectivity index is 2.09. The van der Waals surface area contributed by atoms with Crippen LogP contribution in [0.15, 0.2) is 22.6 Å². The molecule has 1 aromatic rings. The second-order valence-corrected chi connectivity index (χ2v) is 4.76. The number of nitrogens with two attached hydrogens (primary N) is 1. The van der Waals surface area contributed by atoms with Gasteiger partial charge in [0.15, 0.2) is 5.82 Å². The van der Waals surface area contributed by atoms with Gasteiger partial charge >= 0.3 is 0 Å². The van der Waals surface area contributed by atoms with E-state index in [0.717, 1.165) is 29.9 Å². The van der Waals surface area contributed by atoms with Crippen molar-refractivity contribution in [3.8, 4) is 0 Å². The van der Waals surface area contributed by atoms with Crippen LogP contribution in [0.2, 0.25) is 0 Å². The molecule has 1 heterocycles. The highest BCUT2D eigenvalue weighted by Gasteiger charge is 2.01. The molecule has 0 fully saturated rings. The molecule has 0 amide bonds. The van der Waals surface area contributed by atoms with Gasteiger partial charge in [0.25, 0.3) is 12.2 Å². The van der Waals surface area contributed by atoms with Crippen LogP contribution >= 0.6 is 11.8 Å². The smallest absolute Gasteiger partial charge is 0.292 e. The van der Waals surface area contributed by atoms with Crippen LogP contribution < -0.4 is 16.4 Å². The third-order valence-corrected chi connectivity index (χ3v) is 3.12. The molecule has 8 nitrogen and oxygen atoms in total. The minimum absolute atomic E-state index is 0.185. The van der Waals surface area contributed by atoms with E-state index in [9.17, 15) is 10.1 Å². The van der Waals surface area contributed by atoms with Crippen molar-refractivity contribution in [1.82, 2.24) is 15.6 Å². The number of nitrogens with one attached hydrogen (secondary N) is 2. The summed E-state index contributed by atoms with van der Waals surface area (Å²) in [5, 5.41) is 15.9. The number of oxazole rings is 1. The maximum absolute atomic E-state index is 10.3. The summed E-state index contributed by atoms with van der Waals surface area (Å²) in [6.07, 6.45) is 3.29. The van der Waals surface area contributed by atoms with E-state index in [1.807, 2.05) is 0 Å². The third kappa shape index (κ3) is 6.55. The Morgan fingerprint density at radius 1 is 1.68 bits per heavy atom. The lowest BCUT2D eigenvalue weighted by molar-refractivity contribution is -0.404. The lowest BCUT2D eigenvalue weighted by Gasteiger charge is -2.07. The molecule has 9 heteroatoms. The van der Waals surface area contributed by atoms with Gasteiger partial charge in [0.1, 0.15) is 5.76 Å². The van der Waals surface area contributed by atoms with E-state index in [1.54, 1.807) is 25.0 Å². The number of nitro groups is 1. The number of rotatable bonds is 9. The van der Waals surface area contributed by atoms with Gasteiger partial charge < -0.3 is 20.8 Å². The van der Waals surface area contributed by atoms with E-state index in [4.69, 9.17) is 10.2 Å². The van der Waals surface area contributed by atoms with Gasteiger partial charge in [-0.1, -0.05) is 0 Å². The zero-order valence-electron chi connectivity index (χ0n) is 10.6. The van der Waals surface area contributed by atoms with E-state index in [2.05, 4.69) is 15.6 Å². The second-order valence-electron chi connectivity index (χ2n) is 3.53. The van der Waals surface area contributed by atoms with Gasteiger partial charge in [-0.15, -0.1) is 0 Å². The number of aryl methyl sites for hydroxylation is 1. The van der Waals surface area contributed by atoms with Gasteiger partial charge in [-0.3, -0.25) is 10.1 Å². The number of nitrogens with zero attached hydrogens (tertiary/aromatic N) is 2. The molecular weight excluding hydrogens is 270 g/mol.